The Kier molecular flexibility index (Phi) is 3.91. The third kappa shape index (κ3) is 3.03. The maximum atomic E-state index is 4.39. The summed E-state index contributed by atoms with van der Waals surface area (Å²) < 4.78 is 0. The summed E-state index contributed by atoms with van der Waals surface area (Å²) in [5.74, 6) is 0. The summed E-state index contributed by atoms with van der Waals surface area (Å²) in [5, 5.41) is 3.66. The minimum Gasteiger partial charge on any atom is -0.305 e. The van der Waals surface area contributed by atoms with Crippen molar-refractivity contribution in [1.29, 1.82) is 0 Å². The van der Waals surface area contributed by atoms with E-state index in [-0.39, 0.29) is 0 Å². The lowest BCUT2D eigenvalue weighted by Gasteiger charge is -2.32. The number of pyridine rings is 1. The van der Waals surface area contributed by atoms with Gasteiger partial charge in [0.1, 0.15) is 0 Å². The molecule has 0 bridgehead atoms. The molecule has 88 valence electrons. The van der Waals surface area contributed by atoms with Gasteiger partial charge in [-0.1, -0.05) is 6.07 Å². The molecule has 1 N–H and O–H groups in total. The van der Waals surface area contributed by atoms with Crippen molar-refractivity contribution in [3.8, 4) is 0 Å². The minimum absolute atomic E-state index is 0.345. The van der Waals surface area contributed by atoms with Crippen LogP contribution in [0.1, 0.15) is 31.5 Å². The zero-order valence-corrected chi connectivity index (χ0v) is 10.2. The summed E-state index contributed by atoms with van der Waals surface area (Å²) in [4.78, 5) is 6.78. The molecule has 3 nitrogen and oxygen atoms in total. The Hall–Kier alpha value is -0.930. The second kappa shape index (κ2) is 5.41. The minimum atomic E-state index is 0.345. The van der Waals surface area contributed by atoms with E-state index in [1.54, 1.807) is 0 Å². The first kappa shape index (κ1) is 11.6. The molecule has 1 saturated heterocycles. The van der Waals surface area contributed by atoms with Gasteiger partial charge < -0.3 is 10.2 Å². The van der Waals surface area contributed by atoms with Crippen molar-refractivity contribution < 1.29 is 0 Å². The van der Waals surface area contributed by atoms with Gasteiger partial charge in [-0.2, -0.15) is 0 Å². The summed E-state index contributed by atoms with van der Waals surface area (Å²) in [6, 6.07) is 7.05. The molecule has 0 radical (unpaired) electrons. The Morgan fingerprint density at radius 3 is 3.06 bits per heavy atom. The maximum absolute atomic E-state index is 4.39. The molecule has 1 unspecified atom stereocenters. The average Bonchev–Trinajstić information content (AvgIpc) is 2.30. The number of aromatic nitrogens is 1. The molecule has 3 heteroatoms. The number of nitrogens with zero attached hydrogens (tertiary/aromatic N) is 2. The topological polar surface area (TPSA) is 28.2 Å². The molecule has 2 atom stereocenters. The molecule has 1 aliphatic rings. The molecule has 16 heavy (non-hydrogen) atoms. The van der Waals surface area contributed by atoms with Crippen LogP contribution in [0.5, 0.6) is 0 Å². The molecule has 0 amide bonds. The van der Waals surface area contributed by atoms with Gasteiger partial charge in [-0.05, 0) is 45.5 Å². The van der Waals surface area contributed by atoms with Crippen LogP contribution < -0.4 is 5.32 Å². The molecular formula is C13H21N3. The van der Waals surface area contributed by atoms with E-state index in [0.29, 0.717) is 12.1 Å². The predicted molar refractivity (Wildman–Crippen MR) is 66.3 cm³/mol. The highest BCUT2D eigenvalue weighted by atomic mass is 15.1. The molecule has 0 aromatic carbocycles. The van der Waals surface area contributed by atoms with E-state index in [0.717, 1.165) is 12.2 Å². The smallest absolute Gasteiger partial charge is 0.0570 e. The number of likely N-dealkylation sites (tertiary alicyclic amines) is 1. The van der Waals surface area contributed by atoms with Crippen molar-refractivity contribution in [3.63, 3.8) is 0 Å². The van der Waals surface area contributed by atoms with Crippen LogP contribution in [0.15, 0.2) is 24.4 Å². The highest BCUT2D eigenvalue weighted by molar-refractivity contribution is 5.08. The Bertz CT molecular complexity index is 312. The van der Waals surface area contributed by atoms with Crippen LogP contribution in [0.3, 0.4) is 0 Å². The fourth-order valence-electron chi connectivity index (χ4n) is 2.37. The molecule has 1 aliphatic heterocycles. The lowest BCUT2D eigenvalue weighted by molar-refractivity contribution is 0.218. The SMILES string of the molecule is C[C@@H](NC1CCCN(C)C1)c1ccccn1. The van der Waals surface area contributed by atoms with E-state index < -0.39 is 0 Å². The van der Waals surface area contributed by atoms with Gasteiger partial charge in [0.05, 0.1) is 5.69 Å². The number of hydrogen-bond acceptors (Lipinski definition) is 3. The molecule has 1 aromatic heterocycles. The molecular weight excluding hydrogens is 198 g/mol. The van der Waals surface area contributed by atoms with Crippen molar-refractivity contribution >= 4 is 0 Å². The van der Waals surface area contributed by atoms with E-state index in [2.05, 4.69) is 35.2 Å². The van der Waals surface area contributed by atoms with Crippen LogP contribution in [0, 0.1) is 0 Å². The zero-order valence-electron chi connectivity index (χ0n) is 10.2. The van der Waals surface area contributed by atoms with Crippen LogP contribution in [0.4, 0.5) is 0 Å². The van der Waals surface area contributed by atoms with Crippen LogP contribution in [-0.4, -0.2) is 36.1 Å². The predicted octanol–water partition coefficient (Wildman–Crippen LogP) is 1.83. The lowest BCUT2D eigenvalue weighted by Crippen LogP contribution is -2.44. The van der Waals surface area contributed by atoms with Gasteiger partial charge >= 0.3 is 0 Å². The fourth-order valence-corrected chi connectivity index (χ4v) is 2.37. The zero-order chi connectivity index (χ0) is 11.4. The quantitative estimate of drug-likeness (QED) is 0.840. The van der Waals surface area contributed by atoms with E-state index in [1.807, 2.05) is 18.3 Å². The molecule has 2 heterocycles. The first-order chi connectivity index (χ1) is 7.75. The van der Waals surface area contributed by atoms with Crippen molar-refractivity contribution in [3.05, 3.63) is 30.1 Å². The number of hydrogen-bond donors (Lipinski definition) is 1. The highest BCUT2D eigenvalue weighted by Gasteiger charge is 2.19. The molecule has 0 saturated carbocycles. The van der Waals surface area contributed by atoms with Crippen LogP contribution in [0.2, 0.25) is 0 Å². The summed E-state index contributed by atoms with van der Waals surface area (Å²) in [5.41, 5.74) is 1.13. The Morgan fingerprint density at radius 2 is 2.38 bits per heavy atom. The van der Waals surface area contributed by atoms with E-state index >= 15 is 0 Å². The molecule has 0 aliphatic carbocycles. The second-order valence-electron chi connectivity index (χ2n) is 4.74. The Labute approximate surface area is 97.9 Å². The maximum Gasteiger partial charge on any atom is 0.0570 e. The van der Waals surface area contributed by atoms with Crippen LogP contribution in [-0.2, 0) is 0 Å². The van der Waals surface area contributed by atoms with E-state index in [1.165, 1.54) is 19.4 Å². The number of piperidine rings is 1. The number of rotatable bonds is 3. The van der Waals surface area contributed by atoms with Crippen molar-refractivity contribution in [2.75, 3.05) is 20.1 Å². The summed E-state index contributed by atoms with van der Waals surface area (Å²) in [6.07, 6.45) is 4.44. The van der Waals surface area contributed by atoms with Crippen LogP contribution >= 0.6 is 0 Å². The summed E-state index contributed by atoms with van der Waals surface area (Å²) >= 11 is 0. The van der Waals surface area contributed by atoms with Crippen molar-refractivity contribution in [2.24, 2.45) is 0 Å². The number of nitrogens with one attached hydrogen (secondary N) is 1. The summed E-state index contributed by atoms with van der Waals surface area (Å²) in [7, 11) is 2.19. The monoisotopic (exact) mass is 219 g/mol. The standard InChI is InChI=1S/C13H21N3/c1-11(13-7-3-4-8-14-13)15-12-6-5-9-16(2)10-12/h3-4,7-8,11-12,15H,5-6,9-10H2,1-2H3/t11-,12?/m1/s1. The lowest BCUT2D eigenvalue weighted by atomic mass is 10.0. The summed E-state index contributed by atoms with van der Waals surface area (Å²) in [6.45, 7) is 4.57. The first-order valence-corrected chi connectivity index (χ1v) is 6.11. The van der Waals surface area contributed by atoms with Gasteiger partial charge in [0.15, 0.2) is 0 Å². The van der Waals surface area contributed by atoms with E-state index in [4.69, 9.17) is 0 Å². The third-order valence-corrected chi connectivity index (χ3v) is 3.24. The fraction of sp³-hybridized carbons (Fsp3) is 0.615. The van der Waals surface area contributed by atoms with Crippen molar-refractivity contribution in [2.45, 2.75) is 31.8 Å². The molecule has 0 spiro atoms. The van der Waals surface area contributed by atoms with E-state index in [9.17, 15) is 0 Å². The first-order valence-electron chi connectivity index (χ1n) is 6.11. The van der Waals surface area contributed by atoms with Crippen LogP contribution in [0.25, 0.3) is 0 Å². The van der Waals surface area contributed by atoms with Gasteiger partial charge in [-0.25, -0.2) is 0 Å². The largest absolute Gasteiger partial charge is 0.305 e. The van der Waals surface area contributed by atoms with Gasteiger partial charge in [0, 0.05) is 24.8 Å². The van der Waals surface area contributed by atoms with Gasteiger partial charge in [-0.15, -0.1) is 0 Å². The molecule has 1 fully saturated rings. The third-order valence-electron chi connectivity index (χ3n) is 3.24. The van der Waals surface area contributed by atoms with Crippen molar-refractivity contribution in [1.82, 2.24) is 15.2 Å². The normalized spacial score (nSPS) is 24.2. The van der Waals surface area contributed by atoms with Gasteiger partial charge in [0.25, 0.3) is 0 Å². The molecule has 1 aromatic rings. The average molecular weight is 219 g/mol. The Balaban J connectivity index is 1.89. The van der Waals surface area contributed by atoms with Gasteiger partial charge in [-0.3, -0.25) is 4.98 Å². The number of likely N-dealkylation sites (N-methyl/N-ethyl adjacent to an activating group) is 1. The Morgan fingerprint density at radius 1 is 1.50 bits per heavy atom. The highest BCUT2D eigenvalue weighted by Crippen LogP contribution is 2.14. The van der Waals surface area contributed by atoms with Gasteiger partial charge in [0.2, 0.25) is 0 Å². The molecule has 2 rings (SSSR count). The second-order valence-corrected chi connectivity index (χ2v) is 4.74.